The number of rotatable bonds is 7. The van der Waals surface area contributed by atoms with Crippen LogP contribution in [0.1, 0.15) is 45.5 Å². The summed E-state index contributed by atoms with van der Waals surface area (Å²) in [6, 6.07) is 0. The van der Waals surface area contributed by atoms with Crippen molar-refractivity contribution in [3.63, 3.8) is 0 Å². The molecule has 0 radical (unpaired) electrons. The molecule has 14 heteroatoms. The van der Waals surface area contributed by atoms with Crippen LogP contribution >= 0.6 is 11.6 Å². The first-order chi connectivity index (χ1) is 16.6. The van der Waals surface area contributed by atoms with Gasteiger partial charge in [0.1, 0.15) is 30.2 Å². The van der Waals surface area contributed by atoms with E-state index in [0.29, 0.717) is 13.2 Å². The molecule has 4 unspecified atom stereocenters. The van der Waals surface area contributed by atoms with E-state index in [1.54, 1.807) is 0 Å². The van der Waals surface area contributed by atoms with E-state index in [1.807, 2.05) is 11.9 Å². The number of nitrogens with zero attached hydrogens (tertiary/aromatic N) is 5. The van der Waals surface area contributed by atoms with Crippen LogP contribution in [0.3, 0.4) is 0 Å². The Morgan fingerprint density at radius 1 is 1.34 bits per heavy atom. The molecule has 4 rings (SSSR count). The number of hydrazine groups is 1. The lowest BCUT2D eigenvalue weighted by atomic mass is 10.1. The van der Waals surface area contributed by atoms with Crippen LogP contribution in [-0.4, -0.2) is 98.8 Å². The Kier molecular flexibility index (Phi) is 7.48. The minimum Gasteiger partial charge on any atom is -0.387 e. The van der Waals surface area contributed by atoms with Gasteiger partial charge < -0.3 is 24.4 Å². The number of halogens is 1. The van der Waals surface area contributed by atoms with Gasteiger partial charge in [-0.15, -0.1) is 0 Å². The summed E-state index contributed by atoms with van der Waals surface area (Å²) in [5, 5.41) is 20.9. The summed E-state index contributed by atoms with van der Waals surface area (Å²) in [6.07, 6.45) is -1.74. The molecule has 0 aliphatic carbocycles. The zero-order chi connectivity index (χ0) is 25.5. The molecule has 2 fully saturated rings. The molecule has 1 aromatic heterocycles. The summed E-state index contributed by atoms with van der Waals surface area (Å²) in [7, 11) is 1.45. The highest BCUT2D eigenvalue weighted by Gasteiger charge is 2.52. The van der Waals surface area contributed by atoms with Crippen LogP contribution in [0.4, 0.5) is 5.82 Å². The van der Waals surface area contributed by atoms with Gasteiger partial charge in [-0.25, -0.2) is 9.98 Å². The topological polar surface area (TPSA) is 151 Å². The number of anilines is 1. The van der Waals surface area contributed by atoms with Crippen molar-refractivity contribution in [3.05, 3.63) is 12.0 Å². The third-order valence-corrected chi connectivity index (χ3v) is 6.79. The molecule has 0 spiro atoms. The minimum atomic E-state index is -2.10. The van der Waals surface area contributed by atoms with Crippen molar-refractivity contribution in [2.24, 2.45) is 4.99 Å². The number of ketones is 1. The van der Waals surface area contributed by atoms with Gasteiger partial charge in [0.05, 0.1) is 12.9 Å². The second-order valence-corrected chi connectivity index (χ2v) is 9.17. The molecular weight excluding hydrogens is 484 g/mol. The number of nitrogens with one attached hydrogen (secondary N) is 1. The average molecular weight is 515 g/mol. The van der Waals surface area contributed by atoms with Gasteiger partial charge in [-0.2, -0.15) is 5.01 Å². The number of hydrogen-bond donors (Lipinski definition) is 3. The van der Waals surface area contributed by atoms with E-state index in [9.17, 15) is 19.8 Å². The van der Waals surface area contributed by atoms with Crippen molar-refractivity contribution in [2.75, 3.05) is 31.8 Å². The Morgan fingerprint density at radius 2 is 2.09 bits per heavy atom. The van der Waals surface area contributed by atoms with Crippen LogP contribution < -0.4 is 10.3 Å². The second-order valence-electron chi connectivity index (χ2n) is 8.64. The standard InChI is InChI=1S/C21H31ClN6O7/c1-5-34-14-7-6-8-27(14)25-18-15-19(28(12(3)30)21(22,24-18)11(2)29)26(10-23-15)20-17(32)16(31)13(35-20)9-33-4/h10,13-14,16-17,20,31-32H,5-9H2,1-4H3,(H,24,25)/t13-,14?,16?,17?,20-,21?/m1/s1. The molecule has 4 heterocycles. The number of alkyl halides is 1. The van der Waals surface area contributed by atoms with Gasteiger partial charge in [0.15, 0.2) is 23.7 Å². The predicted molar refractivity (Wildman–Crippen MR) is 123 cm³/mol. The van der Waals surface area contributed by atoms with E-state index >= 15 is 0 Å². The summed E-state index contributed by atoms with van der Waals surface area (Å²) in [6.45, 7) is 5.58. The highest BCUT2D eigenvalue weighted by Crippen LogP contribution is 2.41. The molecule has 3 N–H and O–H groups in total. The van der Waals surface area contributed by atoms with Gasteiger partial charge in [-0.1, -0.05) is 11.6 Å². The number of methoxy groups -OCH3 is 1. The van der Waals surface area contributed by atoms with E-state index in [4.69, 9.17) is 25.8 Å². The number of carbonyl (C=O) groups is 2. The van der Waals surface area contributed by atoms with Crippen molar-refractivity contribution in [3.8, 4) is 0 Å². The van der Waals surface area contributed by atoms with Gasteiger partial charge in [0.2, 0.25) is 5.91 Å². The number of ether oxygens (including phenoxy) is 3. The predicted octanol–water partition coefficient (Wildman–Crippen LogP) is -0.294. The molecule has 3 aliphatic heterocycles. The summed E-state index contributed by atoms with van der Waals surface area (Å²) < 4.78 is 18.1. The Hall–Kier alpha value is -2.13. The van der Waals surface area contributed by atoms with Crippen molar-refractivity contribution in [1.29, 1.82) is 0 Å². The van der Waals surface area contributed by atoms with Crippen LogP contribution in [0.25, 0.3) is 0 Å². The van der Waals surface area contributed by atoms with E-state index in [0.717, 1.165) is 17.7 Å². The number of Topliss-reactive ketones (excluding diaryl/α,β-unsaturated/α-hetero) is 1. The summed E-state index contributed by atoms with van der Waals surface area (Å²) >= 11 is 6.72. The maximum absolute atomic E-state index is 12.8. The number of aliphatic hydroxyl groups is 2. The molecular formula is C21H31ClN6O7. The molecule has 0 saturated carbocycles. The number of amidine groups is 1. The van der Waals surface area contributed by atoms with Gasteiger partial charge in [-0.05, 0) is 19.8 Å². The first-order valence-electron chi connectivity index (χ1n) is 11.5. The fourth-order valence-corrected chi connectivity index (χ4v) is 4.90. The Bertz CT molecular complexity index is 1000. The number of fused-ring (bicyclic) bond motifs is 1. The SMILES string of the molecule is CCOC1CCCN1NC1=NC(Cl)(C(C)=O)N(C(C)=O)c2c1ncn2[C@@H]1O[C@H](COC)C(O)C1O. The van der Waals surface area contributed by atoms with E-state index in [1.165, 1.54) is 31.9 Å². The van der Waals surface area contributed by atoms with Gasteiger partial charge >= 0.3 is 0 Å². The number of carbonyl (C=O) groups excluding carboxylic acids is 2. The maximum Gasteiger partial charge on any atom is 0.278 e. The fraction of sp³-hybridized carbons (Fsp3) is 0.714. The van der Waals surface area contributed by atoms with Gasteiger partial charge in [-0.3, -0.25) is 24.5 Å². The highest BCUT2D eigenvalue weighted by atomic mass is 35.5. The number of imidazole rings is 1. The molecule has 6 atom stereocenters. The molecule has 194 valence electrons. The maximum atomic E-state index is 12.8. The van der Waals surface area contributed by atoms with Crippen molar-refractivity contribution in [1.82, 2.24) is 20.0 Å². The molecule has 2 saturated heterocycles. The fourth-order valence-electron chi connectivity index (χ4n) is 4.62. The number of aliphatic imine (C=N–C) groups is 1. The molecule has 0 bridgehead atoms. The number of amides is 1. The smallest absolute Gasteiger partial charge is 0.278 e. The summed E-state index contributed by atoms with van der Waals surface area (Å²) in [5.74, 6) is -0.910. The lowest BCUT2D eigenvalue weighted by Crippen LogP contribution is -2.57. The van der Waals surface area contributed by atoms with Crippen LogP contribution in [0.5, 0.6) is 0 Å². The summed E-state index contributed by atoms with van der Waals surface area (Å²) in [4.78, 5) is 35.4. The van der Waals surface area contributed by atoms with E-state index in [2.05, 4.69) is 15.4 Å². The van der Waals surface area contributed by atoms with Crippen molar-refractivity contribution < 1.29 is 34.0 Å². The van der Waals surface area contributed by atoms with Crippen molar-refractivity contribution in [2.45, 2.75) is 69.5 Å². The molecule has 1 aromatic rings. The van der Waals surface area contributed by atoms with Gasteiger partial charge in [0, 0.05) is 34.1 Å². The van der Waals surface area contributed by atoms with E-state index < -0.39 is 41.4 Å². The first kappa shape index (κ1) is 25.9. The quantitative estimate of drug-likeness (QED) is 0.327. The molecule has 35 heavy (non-hydrogen) atoms. The van der Waals surface area contributed by atoms with Crippen LogP contribution in [0.2, 0.25) is 0 Å². The summed E-state index contributed by atoms with van der Waals surface area (Å²) in [5.41, 5.74) is 3.39. The zero-order valence-electron chi connectivity index (χ0n) is 20.0. The number of aromatic nitrogens is 2. The molecule has 13 nitrogen and oxygen atoms in total. The average Bonchev–Trinajstić information content (AvgIpc) is 3.49. The second kappa shape index (κ2) is 10.1. The van der Waals surface area contributed by atoms with Crippen LogP contribution in [0.15, 0.2) is 11.3 Å². The molecule has 0 aromatic carbocycles. The third kappa shape index (κ3) is 4.46. The molecule has 3 aliphatic rings. The molecule has 1 amide bonds. The number of hydrogen-bond acceptors (Lipinski definition) is 11. The zero-order valence-corrected chi connectivity index (χ0v) is 20.8. The van der Waals surface area contributed by atoms with E-state index in [-0.39, 0.29) is 30.2 Å². The normalized spacial score (nSPS) is 33.1. The monoisotopic (exact) mass is 514 g/mol. The largest absolute Gasteiger partial charge is 0.387 e. The Labute approximate surface area is 207 Å². The first-order valence-corrected chi connectivity index (χ1v) is 11.8. The third-order valence-electron chi connectivity index (χ3n) is 6.27. The number of aliphatic hydroxyl groups excluding tert-OH is 2. The lowest BCUT2D eigenvalue weighted by Gasteiger charge is -2.39. The minimum absolute atomic E-state index is 0.0387. The highest BCUT2D eigenvalue weighted by molar-refractivity contribution is 6.40. The lowest BCUT2D eigenvalue weighted by molar-refractivity contribution is -0.124. The van der Waals surface area contributed by atoms with Crippen LogP contribution in [-0.2, 0) is 23.8 Å². The van der Waals surface area contributed by atoms with Crippen molar-refractivity contribution >= 4 is 34.9 Å². The Morgan fingerprint density at radius 3 is 2.71 bits per heavy atom. The van der Waals surface area contributed by atoms with Crippen LogP contribution in [0, 0.1) is 0 Å². The van der Waals surface area contributed by atoms with Gasteiger partial charge in [0.25, 0.3) is 5.12 Å². The Balaban J connectivity index is 1.79.